The number of hydrogen-bond acceptors (Lipinski definition) is 8. The van der Waals surface area contributed by atoms with Gasteiger partial charge in [-0.25, -0.2) is 0 Å². The van der Waals surface area contributed by atoms with Crippen molar-refractivity contribution >= 4 is 17.4 Å². The van der Waals surface area contributed by atoms with Gasteiger partial charge in [-0.1, -0.05) is 33.3 Å². The molecule has 42 heavy (non-hydrogen) atoms. The molecule has 1 amide bonds. The van der Waals surface area contributed by atoms with Gasteiger partial charge in [0.15, 0.2) is 11.5 Å². The predicted octanol–water partition coefficient (Wildman–Crippen LogP) is 5.05. The summed E-state index contributed by atoms with van der Waals surface area (Å²) < 4.78 is 22.8. The number of ether oxygens (including phenoxy) is 4. The van der Waals surface area contributed by atoms with Crippen LogP contribution < -0.4 is 14.2 Å². The van der Waals surface area contributed by atoms with Gasteiger partial charge in [-0.15, -0.1) is 0 Å². The Balaban J connectivity index is 1.68. The lowest BCUT2D eigenvalue weighted by Gasteiger charge is -2.31. The lowest BCUT2D eigenvalue weighted by molar-refractivity contribution is -0.140. The molecular formula is C33H44N2O7. The zero-order valence-electron chi connectivity index (χ0n) is 25.3. The molecule has 0 aliphatic carbocycles. The van der Waals surface area contributed by atoms with Gasteiger partial charge >= 0.3 is 0 Å². The van der Waals surface area contributed by atoms with Crippen LogP contribution in [0.5, 0.6) is 17.2 Å². The molecule has 0 saturated carbocycles. The lowest BCUT2D eigenvalue weighted by Crippen LogP contribution is -2.42. The first kappa shape index (κ1) is 31.4. The fraction of sp³-hybridized carbons (Fsp3) is 0.515. The Morgan fingerprint density at radius 3 is 2.40 bits per heavy atom. The quantitative estimate of drug-likeness (QED) is 0.144. The van der Waals surface area contributed by atoms with Crippen molar-refractivity contribution in [1.82, 2.24) is 9.80 Å². The summed E-state index contributed by atoms with van der Waals surface area (Å²) in [5.74, 6) is 0.710. The largest absolute Gasteiger partial charge is 0.507 e. The van der Waals surface area contributed by atoms with Crippen LogP contribution >= 0.6 is 0 Å². The second-order valence-corrected chi connectivity index (χ2v) is 11.1. The van der Waals surface area contributed by atoms with E-state index >= 15 is 0 Å². The summed E-state index contributed by atoms with van der Waals surface area (Å²) in [6, 6.07) is 11.6. The number of likely N-dealkylation sites (tertiary alicyclic amines) is 1. The summed E-state index contributed by atoms with van der Waals surface area (Å²) in [6.07, 6.45) is 2.87. The molecular weight excluding hydrogens is 536 g/mol. The Kier molecular flexibility index (Phi) is 11.3. The van der Waals surface area contributed by atoms with Gasteiger partial charge in [0.05, 0.1) is 45.2 Å². The number of aliphatic hydroxyl groups is 1. The third-order valence-corrected chi connectivity index (χ3v) is 7.65. The molecule has 9 nitrogen and oxygen atoms in total. The normalized spacial score (nSPS) is 19.0. The molecule has 0 aromatic heterocycles. The number of benzene rings is 2. The van der Waals surface area contributed by atoms with E-state index in [4.69, 9.17) is 18.9 Å². The third kappa shape index (κ3) is 7.63. The first-order valence-corrected chi connectivity index (χ1v) is 15.0. The average Bonchev–Trinajstić information content (AvgIpc) is 3.25. The van der Waals surface area contributed by atoms with Gasteiger partial charge in [-0.3, -0.25) is 14.5 Å². The molecule has 4 rings (SSSR count). The number of ketones is 1. The first-order valence-electron chi connectivity index (χ1n) is 15.0. The van der Waals surface area contributed by atoms with Crippen LogP contribution in [0, 0.1) is 5.92 Å². The monoisotopic (exact) mass is 580 g/mol. The molecule has 2 heterocycles. The third-order valence-electron chi connectivity index (χ3n) is 7.65. The van der Waals surface area contributed by atoms with Gasteiger partial charge in [0.2, 0.25) is 0 Å². The summed E-state index contributed by atoms with van der Waals surface area (Å²) in [7, 11) is 1.56. The number of carbonyl (C=O) groups is 2. The molecule has 2 aliphatic heterocycles. The molecule has 0 spiro atoms. The zero-order valence-corrected chi connectivity index (χ0v) is 25.3. The fourth-order valence-electron chi connectivity index (χ4n) is 5.11. The van der Waals surface area contributed by atoms with Crippen LogP contribution in [0.4, 0.5) is 0 Å². The highest BCUT2D eigenvalue weighted by Gasteiger charge is 2.46. The minimum Gasteiger partial charge on any atom is -0.507 e. The molecule has 2 aliphatic rings. The highest BCUT2D eigenvalue weighted by molar-refractivity contribution is 6.46. The van der Waals surface area contributed by atoms with E-state index in [2.05, 4.69) is 25.7 Å². The number of methoxy groups -OCH3 is 1. The first-order chi connectivity index (χ1) is 20.3. The SMILES string of the molecule is CCCCOc1ccc(C(O)=C2C(=O)C(=O)N(CCN3CCOCC3)C2c2ccc(OCCC(C)C)c(OC)c2)cc1. The Hall–Kier alpha value is -3.56. The van der Waals surface area contributed by atoms with Crippen LogP contribution in [-0.4, -0.2) is 86.3 Å². The van der Waals surface area contributed by atoms with E-state index in [1.807, 2.05) is 6.07 Å². The van der Waals surface area contributed by atoms with E-state index in [0.29, 0.717) is 73.8 Å². The summed E-state index contributed by atoms with van der Waals surface area (Å²) >= 11 is 0. The van der Waals surface area contributed by atoms with Gasteiger partial charge in [0, 0.05) is 31.7 Å². The molecule has 2 aromatic carbocycles. The number of hydrogen-bond donors (Lipinski definition) is 1. The maximum atomic E-state index is 13.5. The second-order valence-electron chi connectivity index (χ2n) is 11.1. The Morgan fingerprint density at radius 1 is 1.00 bits per heavy atom. The van der Waals surface area contributed by atoms with Crippen molar-refractivity contribution in [3.63, 3.8) is 0 Å². The van der Waals surface area contributed by atoms with Gasteiger partial charge in [-0.05, 0) is 60.7 Å². The maximum Gasteiger partial charge on any atom is 0.295 e. The Labute approximate surface area is 249 Å². The topological polar surface area (TPSA) is 97.8 Å². The van der Waals surface area contributed by atoms with E-state index in [0.717, 1.165) is 32.4 Å². The Bertz CT molecular complexity index is 1240. The average molecular weight is 581 g/mol. The van der Waals surface area contributed by atoms with Crippen LogP contribution in [0.25, 0.3) is 5.76 Å². The van der Waals surface area contributed by atoms with Crippen molar-refractivity contribution in [3.8, 4) is 17.2 Å². The van der Waals surface area contributed by atoms with E-state index in [-0.39, 0.29) is 11.3 Å². The number of morpholine rings is 1. The molecule has 2 fully saturated rings. The number of unbranched alkanes of at least 4 members (excludes halogenated alkanes) is 1. The molecule has 0 radical (unpaired) electrons. The van der Waals surface area contributed by atoms with E-state index in [1.165, 1.54) is 0 Å². The van der Waals surface area contributed by atoms with Crippen LogP contribution in [0.3, 0.4) is 0 Å². The minimum atomic E-state index is -0.787. The number of amides is 1. The van der Waals surface area contributed by atoms with Gasteiger partial charge in [0.25, 0.3) is 11.7 Å². The molecule has 1 atom stereocenters. The van der Waals surface area contributed by atoms with Crippen LogP contribution in [0.2, 0.25) is 0 Å². The molecule has 228 valence electrons. The van der Waals surface area contributed by atoms with Crippen LogP contribution in [0.1, 0.15) is 57.2 Å². The molecule has 9 heteroatoms. The van der Waals surface area contributed by atoms with Crippen molar-refractivity contribution in [2.45, 2.75) is 46.1 Å². The molecule has 2 saturated heterocycles. The van der Waals surface area contributed by atoms with Crippen molar-refractivity contribution in [2.75, 3.05) is 59.7 Å². The number of Topliss-reactive ketones (excluding diaryl/α,β-unsaturated/α-hetero) is 1. The van der Waals surface area contributed by atoms with Crippen molar-refractivity contribution in [1.29, 1.82) is 0 Å². The van der Waals surface area contributed by atoms with Crippen LogP contribution in [-0.2, 0) is 14.3 Å². The summed E-state index contributed by atoms with van der Waals surface area (Å²) in [6.45, 7) is 11.2. The summed E-state index contributed by atoms with van der Waals surface area (Å²) in [5.41, 5.74) is 1.15. The molecule has 0 bridgehead atoms. The predicted molar refractivity (Wildman–Crippen MR) is 161 cm³/mol. The molecule has 2 aromatic rings. The zero-order chi connectivity index (χ0) is 30.1. The molecule has 1 N–H and O–H groups in total. The van der Waals surface area contributed by atoms with Gasteiger partial charge < -0.3 is 29.0 Å². The van der Waals surface area contributed by atoms with Crippen molar-refractivity contribution in [3.05, 3.63) is 59.2 Å². The fourth-order valence-corrected chi connectivity index (χ4v) is 5.11. The second kappa shape index (κ2) is 15.1. The Morgan fingerprint density at radius 2 is 1.74 bits per heavy atom. The van der Waals surface area contributed by atoms with Crippen LogP contribution in [0.15, 0.2) is 48.0 Å². The number of aliphatic hydroxyl groups excluding tert-OH is 1. The summed E-state index contributed by atoms with van der Waals surface area (Å²) in [5, 5.41) is 11.5. The maximum absolute atomic E-state index is 13.5. The standard InChI is InChI=1S/C33H44N2O7/c1-5-6-18-41-26-10-7-24(8-11-26)31(36)29-30(25-9-12-27(28(22-25)39-4)42-19-13-23(2)3)35(33(38)32(29)37)15-14-34-16-20-40-21-17-34/h7-12,22-23,30,36H,5-6,13-21H2,1-4H3. The lowest BCUT2D eigenvalue weighted by atomic mass is 9.95. The van der Waals surface area contributed by atoms with Gasteiger partial charge in [-0.2, -0.15) is 0 Å². The van der Waals surface area contributed by atoms with Crippen molar-refractivity contribution < 1.29 is 33.6 Å². The highest BCUT2D eigenvalue weighted by Crippen LogP contribution is 2.42. The van der Waals surface area contributed by atoms with E-state index < -0.39 is 17.7 Å². The van der Waals surface area contributed by atoms with E-state index in [1.54, 1.807) is 48.4 Å². The van der Waals surface area contributed by atoms with E-state index in [9.17, 15) is 14.7 Å². The minimum absolute atomic E-state index is 0.0529. The number of carbonyl (C=O) groups excluding carboxylic acids is 2. The van der Waals surface area contributed by atoms with Crippen molar-refractivity contribution in [2.24, 2.45) is 5.92 Å². The number of rotatable bonds is 14. The smallest absolute Gasteiger partial charge is 0.295 e. The highest BCUT2D eigenvalue weighted by atomic mass is 16.5. The number of nitrogens with zero attached hydrogens (tertiary/aromatic N) is 2. The molecule has 1 unspecified atom stereocenters. The summed E-state index contributed by atoms with van der Waals surface area (Å²) in [4.78, 5) is 30.7. The van der Waals surface area contributed by atoms with Gasteiger partial charge in [0.1, 0.15) is 11.5 Å².